The number of pyridine rings is 1. The van der Waals surface area contributed by atoms with Crippen molar-refractivity contribution in [1.29, 1.82) is 0 Å². The van der Waals surface area contributed by atoms with Gasteiger partial charge in [-0.15, -0.1) is 5.10 Å². The summed E-state index contributed by atoms with van der Waals surface area (Å²) in [7, 11) is 0. The Morgan fingerprint density at radius 1 is 1.07 bits per heavy atom. The normalized spacial score (nSPS) is 11.9. The third kappa shape index (κ3) is 3.62. The van der Waals surface area contributed by atoms with Crippen molar-refractivity contribution in [2.45, 2.75) is 26.9 Å². The van der Waals surface area contributed by atoms with Gasteiger partial charge in [0.05, 0.1) is 5.52 Å². The van der Waals surface area contributed by atoms with E-state index in [9.17, 15) is 4.79 Å². The molecule has 140 valence electrons. The van der Waals surface area contributed by atoms with Gasteiger partial charge in [-0.3, -0.25) is 4.79 Å². The molecule has 1 amide bonds. The summed E-state index contributed by atoms with van der Waals surface area (Å²) < 4.78 is 3.77. The first kappa shape index (κ1) is 17.9. The topological polar surface area (TPSA) is 65.1 Å². The zero-order valence-electron chi connectivity index (χ0n) is 15.9. The summed E-state index contributed by atoms with van der Waals surface area (Å²) in [6, 6.07) is 19.4. The molecule has 4 rings (SSSR count). The molecule has 0 aliphatic heterocycles. The first-order valence-corrected chi connectivity index (χ1v) is 9.27. The Bertz CT molecular complexity index is 1200. The van der Waals surface area contributed by atoms with Crippen LogP contribution < -0.4 is 5.49 Å². The van der Waals surface area contributed by atoms with Crippen LogP contribution in [0.25, 0.3) is 11.0 Å². The molecule has 0 aliphatic carbocycles. The van der Waals surface area contributed by atoms with E-state index in [1.807, 2.05) is 42.0 Å². The van der Waals surface area contributed by atoms with Crippen molar-refractivity contribution >= 4 is 16.9 Å². The second-order valence-corrected chi connectivity index (χ2v) is 6.70. The number of aromatic nitrogens is 4. The first-order valence-electron chi connectivity index (χ1n) is 9.27. The zero-order valence-corrected chi connectivity index (χ0v) is 15.9. The van der Waals surface area contributed by atoms with E-state index in [1.54, 1.807) is 16.8 Å². The second-order valence-electron chi connectivity index (χ2n) is 6.70. The molecule has 0 atom stereocenters. The standard InChI is InChI=1S/C22H21N5O/c1-3-27-20-12-11-18(14-19(20)24-25-27)22(28)23-21-6-4-5-13-26(21)15-17-9-7-16(2)8-10-17/h4-14H,3,15H2,1-2H3. The van der Waals surface area contributed by atoms with Crippen molar-refractivity contribution in [2.75, 3.05) is 0 Å². The maximum absolute atomic E-state index is 12.7. The molecule has 0 bridgehead atoms. The maximum atomic E-state index is 12.7. The number of rotatable bonds is 4. The quantitative estimate of drug-likeness (QED) is 0.553. The van der Waals surface area contributed by atoms with Crippen LogP contribution in [0.15, 0.2) is 71.9 Å². The maximum Gasteiger partial charge on any atom is 0.279 e. The van der Waals surface area contributed by atoms with E-state index in [4.69, 9.17) is 0 Å². The Morgan fingerprint density at radius 2 is 1.89 bits per heavy atom. The molecule has 6 heteroatoms. The van der Waals surface area contributed by atoms with Crippen LogP contribution in [0.2, 0.25) is 0 Å². The van der Waals surface area contributed by atoms with Gasteiger partial charge in [-0.2, -0.15) is 4.99 Å². The monoisotopic (exact) mass is 371 g/mol. The Hall–Kier alpha value is -3.54. The molecule has 0 saturated carbocycles. The molecule has 0 radical (unpaired) electrons. The first-order chi connectivity index (χ1) is 13.6. The average Bonchev–Trinajstić information content (AvgIpc) is 3.13. The minimum atomic E-state index is -0.295. The molecule has 2 aromatic heterocycles. The van der Waals surface area contributed by atoms with Gasteiger partial charge in [0.2, 0.25) is 0 Å². The van der Waals surface area contributed by atoms with Crippen LogP contribution in [-0.2, 0) is 13.1 Å². The fraction of sp³-hybridized carbons (Fsp3) is 0.182. The lowest BCUT2D eigenvalue weighted by atomic mass is 10.1. The zero-order chi connectivity index (χ0) is 19.5. The van der Waals surface area contributed by atoms with Crippen LogP contribution in [0.5, 0.6) is 0 Å². The van der Waals surface area contributed by atoms with Crippen molar-refractivity contribution in [1.82, 2.24) is 19.6 Å². The van der Waals surface area contributed by atoms with E-state index in [-0.39, 0.29) is 5.91 Å². The van der Waals surface area contributed by atoms with Crippen molar-refractivity contribution in [3.05, 3.63) is 89.0 Å². The summed E-state index contributed by atoms with van der Waals surface area (Å²) in [6.45, 7) is 5.45. The van der Waals surface area contributed by atoms with Gasteiger partial charge in [0.25, 0.3) is 5.91 Å². The number of nitrogens with zero attached hydrogens (tertiary/aromatic N) is 5. The number of fused-ring (bicyclic) bond motifs is 1. The molecule has 0 N–H and O–H groups in total. The van der Waals surface area contributed by atoms with E-state index >= 15 is 0 Å². The van der Waals surface area contributed by atoms with Crippen molar-refractivity contribution < 1.29 is 4.79 Å². The predicted molar refractivity (Wildman–Crippen MR) is 108 cm³/mol. The number of hydrogen-bond acceptors (Lipinski definition) is 3. The van der Waals surface area contributed by atoms with Crippen LogP contribution in [0.3, 0.4) is 0 Å². The summed E-state index contributed by atoms with van der Waals surface area (Å²) in [5, 5.41) is 8.22. The van der Waals surface area contributed by atoms with Crippen LogP contribution in [0.1, 0.15) is 28.4 Å². The summed E-state index contributed by atoms with van der Waals surface area (Å²) in [5.41, 5.74) is 5.10. The summed E-state index contributed by atoms with van der Waals surface area (Å²) >= 11 is 0. The van der Waals surface area contributed by atoms with Gasteiger partial charge in [0.15, 0.2) is 0 Å². The van der Waals surface area contributed by atoms with Gasteiger partial charge in [0, 0.05) is 24.8 Å². The molecule has 0 spiro atoms. The highest BCUT2D eigenvalue weighted by Gasteiger charge is 2.09. The highest BCUT2D eigenvalue weighted by Crippen LogP contribution is 2.14. The van der Waals surface area contributed by atoms with Crippen molar-refractivity contribution in [3.8, 4) is 0 Å². The van der Waals surface area contributed by atoms with Crippen LogP contribution in [0, 0.1) is 6.92 Å². The van der Waals surface area contributed by atoms with Gasteiger partial charge in [-0.05, 0) is 49.7 Å². The number of carbonyl (C=O) groups excluding carboxylic acids is 1. The number of hydrogen-bond donors (Lipinski definition) is 0. The van der Waals surface area contributed by atoms with Crippen molar-refractivity contribution in [2.24, 2.45) is 4.99 Å². The molecule has 0 aliphatic rings. The van der Waals surface area contributed by atoms with Gasteiger partial charge < -0.3 is 4.57 Å². The van der Waals surface area contributed by atoms with Gasteiger partial charge in [-0.25, -0.2) is 4.68 Å². The highest BCUT2D eigenvalue weighted by molar-refractivity contribution is 5.97. The molecule has 6 nitrogen and oxygen atoms in total. The minimum absolute atomic E-state index is 0.295. The smallest absolute Gasteiger partial charge is 0.279 e. The summed E-state index contributed by atoms with van der Waals surface area (Å²) in [6.07, 6.45) is 1.93. The number of carbonyl (C=O) groups is 1. The minimum Gasteiger partial charge on any atom is -0.328 e. The number of aryl methyl sites for hydroxylation is 2. The molecule has 2 heterocycles. The lowest BCUT2D eigenvalue weighted by Gasteiger charge is -2.08. The molecular weight excluding hydrogens is 350 g/mol. The van der Waals surface area contributed by atoms with Crippen LogP contribution in [-0.4, -0.2) is 25.5 Å². The average molecular weight is 371 g/mol. The fourth-order valence-corrected chi connectivity index (χ4v) is 3.10. The SMILES string of the molecule is CCn1nnc2cc(C(=O)N=c3ccccn3Cc3ccc(C)cc3)ccc21. The largest absolute Gasteiger partial charge is 0.328 e. The highest BCUT2D eigenvalue weighted by atomic mass is 16.1. The molecule has 2 aromatic carbocycles. The Kier molecular flexibility index (Phi) is 4.85. The summed E-state index contributed by atoms with van der Waals surface area (Å²) in [4.78, 5) is 17.1. The van der Waals surface area contributed by atoms with E-state index in [0.29, 0.717) is 23.1 Å². The summed E-state index contributed by atoms with van der Waals surface area (Å²) in [5.74, 6) is -0.295. The van der Waals surface area contributed by atoms with Gasteiger partial charge >= 0.3 is 0 Å². The Morgan fingerprint density at radius 3 is 2.68 bits per heavy atom. The third-order valence-corrected chi connectivity index (χ3v) is 4.67. The third-order valence-electron chi connectivity index (χ3n) is 4.67. The predicted octanol–water partition coefficient (Wildman–Crippen LogP) is 3.35. The molecular formula is C22H21N5O. The van der Waals surface area contributed by atoms with Crippen LogP contribution in [0.4, 0.5) is 0 Å². The lowest BCUT2D eigenvalue weighted by molar-refractivity contribution is 0.0997. The Balaban J connectivity index is 1.67. The van der Waals surface area contributed by atoms with E-state index in [0.717, 1.165) is 17.6 Å². The fourth-order valence-electron chi connectivity index (χ4n) is 3.10. The second kappa shape index (κ2) is 7.60. The van der Waals surface area contributed by atoms with Crippen LogP contribution >= 0.6 is 0 Å². The number of amides is 1. The Labute approximate surface area is 162 Å². The lowest BCUT2D eigenvalue weighted by Crippen LogP contribution is -2.22. The molecule has 4 aromatic rings. The van der Waals surface area contributed by atoms with E-state index < -0.39 is 0 Å². The molecule has 28 heavy (non-hydrogen) atoms. The van der Waals surface area contributed by atoms with Crippen molar-refractivity contribution in [3.63, 3.8) is 0 Å². The number of benzene rings is 2. The van der Waals surface area contributed by atoms with Gasteiger partial charge in [-0.1, -0.05) is 41.1 Å². The molecule has 0 saturated heterocycles. The molecule has 0 fully saturated rings. The molecule has 0 unspecified atom stereocenters. The van der Waals surface area contributed by atoms with E-state index in [2.05, 4.69) is 46.5 Å². The van der Waals surface area contributed by atoms with Gasteiger partial charge in [0.1, 0.15) is 11.0 Å². The van der Waals surface area contributed by atoms with E-state index in [1.165, 1.54) is 5.56 Å².